The van der Waals surface area contributed by atoms with Crippen LogP contribution in [0.15, 0.2) is 28.7 Å². The van der Waals surface area contributed by atoms with Gasteiger partial charge in [-0.2, -0.15) is 0 Å². The number of anilines is 1. The van der Waals surface area contributed by atoms with E-state index in [1.807, 2.05) is 38.1 Å². The van der Waals surface area contributed by atoms with Crippen molar-refractivity contribution in [3.63, 3.8) is 0 Å². The summed E-state index contributed by atoms with van der Waals surface area (Å²) in [5.41, 5.74) is 6.72. The number of nitrogens with one attached hydrogen (secondary N) is 1. The minimum absolute atomic E-state index is 0.0919. The van der Waals surface area contributed by atoms with Crippen molar-refractivity contribution < 1.29 is 4.79 Å². The third-order valence-corrected chi connectivity index (χ3v) is 4.41. The van der Waals surface area contributed by atoms with E-state index in [0.29, 0.717) is 0 Å². The third-order valence-electron chi connectivity index (χ3n) is 3.72. The van der Waals surface area contributed by atoms with Crippen LogP contribution >= 0.6 is 15.9 Å². The van der Waals surface area contributed by atoms with Crippen molar-refractivity contribution in [2.45, 2.75) is 32.2 Å². The summed E-state index contributed by atoms with van der Waals surface area (Å²) in [7, 11) is 0. The van der Waals surface area contributed by atoms with Gasteiger partial charge in [0.15, 0.2) is 0 Å². The van der Waals surface area contributed by atoms with Crippen LogP contribution in [-0.2, 0) is 4.79 Å². The molecule has 0 bridgehead atoms. The lowest BCUT2D eigenvalue weighted by Crippen LogP contribution is -2.48. The van der Waals surface area contributed by atoms with Gasteiger partial charge in [-0.05, 0) is 67.8 Å². The number of nitrogens with zero attached hydrogens (tertiary/aromatic N) is 1. The number of amides is 1. The van der Waals surface area contributed by atoms with Gasteiger partial charge >= 0.3 is 0 Å². The van der Waals surface area contributed by atoms with Crippen LogP contribution in [0.2, 0.25) is 0 Å². The molecule has 0 atom stereocenters. The zero-order valence-corrected chi connectivity index (χ0v) is 14.3. The highest BCUT2D eigenvalue weighted by atomic mass is 79.9. The van der Waals surface area contributed by atoms with Gasteiger partial charge in [0.2, 0.25) is 5.91 Å². The Labute approximate surface area is 135 Å². The fourth-order valence-corrected chi connectivity index (χ4v) is 3.11. The van der Waals surface area contributed by atoms with Gasteiger partial charge < -0.3 is 16.0 Å². The maximum absolute atomic E-state index is 12.3. The number of carbonyl (C=O) groups excluding carboxylic acids is 1. The molecule has 1 heterocycles. The largest absolute Gasteiger partial charge is 0.325 e. The van der Waals surface area contributed by atoms with Crippen LogP contribution in [0.1, 0.15) is 26.7 Å². The van der Waals surface area contributed by atoms with E-state index in [0.717, 1.165) is 42.6 Å². The molecule has 1 aromatic rings. The van der Waals surface area contributed by atoms with Gasteiger partial charge in [-0.3, -0.25) is 4.79 Å². The molecule has 3 N–H and O–H groups in total. The Bertz CT molecular complexity index is 491. The van der Waals surface area contributed by atoms with Crippen molar-refractivity contribution in [2.24, 2.45) is 11.7 Å². The average Bonchev–Trinajstić information content (AvgIpc) is 2.40. The van der Waals surface area contributed by atoms with Crippen molar-refractivity contribution in [1.29, 1.82) is 0 Å². The molecule has 0 aromatic heterocycles. The highest BCUT2D eigenvalue weighted by molar-refractivity contribution is 9.10. The van der Waals surface area contributed by atoms with E-state index in [-0.39, 0.29) is 17.4 Å². The number of rotatable bonds is 4. The van der Waals surface area contributed by atoms with Crippen LogP contribution in [0.5, 0.6) is 0 Å². The quantitative estimate of drug-likeness (QED) is 0.874. The Morgan fingerprint density at radius 2 is 2.00 bits per heavy atom. The summed E-state index contributed by atoms with van der Waals surface area (Å²) in [5.74, 6) is 0.211. The molecule has 0 spiro atoms. The summed E-state index contributed by atoms with van der Waals surface area (Å²) >= 11 is 3.45. The molecule has 0 unspecified atom stereocenters. The monoisotopic (exact) mass is 353 g/mol. The maximum atomic E-state index is 12.3. The van der Waals surface area contributed by atoms with Crippen molar-refractivity contribution in [3.05, 3.63) is 28.7 Å². The number of benzene rings is 1. The standard InChI is InChI=1S/C16H24BrN3O/c1-16(2,18)11-20-9-7-12(8-10-20)15(21)19-14-6-4-3-5-13(14)17/h3-6,12H,7-11,18H2,1-2H3,(H,19,21). The number of nitrogens with two attached hydrogens (primary N) is 1. The highest BCUT2D eigenvalue weighted by Crippen LogP contribution is 2.24. The van der Waals surface area contributed by atoms with Gasteiger partial charge in [0.1, 0.15) is 0 Å². The Morgan fingerprint density at radius 1 is 1.38 bits per heavy atom. The van der Waals surface area contributed by atoms with E-state index in [2.05, 4.69) is 26.1 Å². The second-order valence-corrected chi connectivity index (χ2v) is 7.36. The van der Waals surface area contributed by atoms with Crippen LogP contribution in [-0.4, -0.2) is 36.0 Å². The molecule has 1 saturated heterocycles. The minimum atomic E-state index is -0.177. The number of likely N-dealkylation sites (tertiary alicyclic amines) is 1. The fraction of sp³-hybridized carbons (Fsp3) is 0.562. The smallest absolute Gasteiger partial charge is 0.227 e. The number of para-hydroxylation sites is 1. The van der Waals surface area contributed by atoms with Crippen LogP contribution in [0.25, 0.3) is 0 Å². The Kier molecular flexibility index (Phi) is 5.41. The number of halogens is 1. The van der Waals surface area contributed by atoms with E-state index < -0.39 is 0 Å². The summed E-state index contributed by atoms with van der Waals surface area (Å²) < 4.78 is 0.917. The first-order valence-electron chi connectivity index (χ1n) is 7.42. The molecular weight excluding hydrogens is 330 g/mol. The minimum Gasteiger partial charge on any atom is -0.325 e. The van der Waals surface area contributed by atoms with Gasteiger partial charge in [0, 0.05) is 22.5 Å². The Balaban J connectivity index is 1.85. The first-order chi connectivity index (χ1) is 9.85. The third kappa shape index (κ3) is 5.09. The number of hydrogen-bond donors (Lipinski definition) is 2. The molecule has 21 heavy (non-hydrogen) atoms. The van der Waals surface area contributed by atoms with Gasteiger partial charge in [-0.25, -0.2) is 0 Å². The van der Waals surface area contributed by atoms with E-state index in [1.54, 1.807) is 0 Å². The molecule has 1 aromatic carbocycles. The number of piperidine rings is 1. The summed E-state index contributed by atoms with van der Waals surface area (Å²) in [6, 6.07) is 7.70. The van der Waals surface area contributed by atoms with Crippen LogP contribution in [0, 0.1) is 5.92 Å². The zero-order chi connectivity index (χ0) is 15.5. The number of hydrogen-bond acceptors (Lipinski definition) is 3. The number of carbonyl (C=O) groups is 1. The first kappa shape index (κ1) is 16.5. The van der Waals surface area contributed by atoms with Crippen molar-refractivity contribution in [1.82, 2.24) is 4.90 Å². The maximum Gasteiger partial charge on any atom is 0.227 e. The molecular formula is C16H24BrN3O. The molecule has 116 valence electrons. The second kappa shape index (κ2) is 6.90. The Morgan fingerprint density at radius 3 is 2.57 bits per heavy atom. The summed E-state index contributed by atoms with van der Waals surface area (Å²) in [5, 5.41) is 3.01. The molecule has 0 aliphatic carbocycles. The topological polar surface area (TPSA) is 58.4 Å². The summed E-state index contributed by atoms with van der Waals surface area (Å²) in [6.45, 7) is 6.84. The predicted octanol–water partition coefficient (Wildman–Crippen LogP) is 2.84. The van der Waals surface area contributed by atoms with Crippen molar-refractivity contribution in [3.8, 4) is 0 Å². The molecule has 1 fully saturated rings. The van der Waals surface area contributed by atoms with Gasteiger partial charge in [0.25, 0.3) is 0 Å². The van der Waals surface area contributed by atoms with Gasteiger partial charge in [-0.1, -0.05) is 12.1 Å². The van der Waals surface area contributed by atoms with E-state index in [1.165, 1.54) is 0 Å². The molecule has 4 nitrogen and oxygen atoms in total. The molecule has 0 radical (unpaired) electrons. The highest BCUT2D eigenvalue weighted by Gasteiger charge is 2.27. The molecule has 1 amide bonds. The average molecular weight is 354 g/mol. The molecule has 2 rings (SSSR count). The molecule has 5 heteroatoms. The lowest BCUT2D eigenvalue weighted by atomic mass is 9.94. The first-order valence-corrected chi connectivity index (χ1v) is 8.21. The summed E-state index contributed by atoms with van der Waals surface area (Å²) in [6.07, 6.45) is 1.79. The lowest BCUT2D eigenvalue weighted by molar-refractivity contribution is -0.121. The van der Waals surface area contributed by atoms with Gasteiger partial charge in [-0.15, -0.1) is 0 Å². The van der Waals surface area contributed by atoms with Gasteiger partial charge in [0.05, 0.1) is 5.69 Å². The van der Waals surface area contributed by atoms with E-state index >= 15 is 0 Å². The molecule has 1 aliphatic heterocycles. The van der Waals surface area contributed by atoms with Crippen molar-refractivity contribution in [2.75, 3.05) is 25.0 Å². The normalized spacial score (nSPS) is 17.7. The zero-order valence-electron chi connectivity index (χ0n) is 12.7. The van der Waals surface area contributed by atoms with E-state index in [9.17, 15) is 4.79 Å². The van der Waals surface area contributed by atoms with Crippen LogP contribution in [0.3, 0.4) is 0 Å². The fourth-order valence-electron chi connectivity index (χ4n) is 2.73. The molecule has 1 aliphatic rings. The Hall–Kier alpha value is -0.910. The van der Waals surface area contributed by atoms with Crippen LogP contribution in [0.4, 0.5) is 5.69 Å². The lowest BCUT2D eigenvalue weighted by Gasteiger charge is -2.35. The molecule has 0 saturated carbocycles. The van der Waals surface area contributed by atoms with Crippen molar-refractivity contribution >= 4 is 27.5 Å². The van der Waals surface area contributed by atoms with E-state index in [4.69, 9.17) is 5.73 Å². The second-order valence-electron chi connectivity index (χ2n) is 6.51. The summed E-state index contributed by atoms with van der Waals surface area (Å²) in [4.78, 5) is 14.7. The SMILES string of the molecule is CC(C)(N)CN1CCC(C(=O)Nc2ccccc2Br)CC1. The predicted molar refractivity (Wildman–Crippen MR) is 90.2 cm³/mol. The van der Waals surface area contributed by atoms with Crippen LogP contribution < -0.4 is 11.1 Å².